The van der Waals surface area contributed by atoms with E-state index in [2.05, 4.69) is 0 Å². The fourth-order valence-electron chi connectivity index (χ4n) is 8.78. The molecule has 15 nitrogen and oxygen atoms in total. The zero-order valence-corrected chi connectivity index (χ0v) is 41.8. The van der Waals surface area contributed by atoms with Gasteiger partial charge in [-0.2, -0.15) is 0 Å². The van der Waals surface area contributed by atoms with Crippen LogP contribution in [0.3, 0.4) is 0 Å². The first-order chi connectivity index (χ1) is 33.3. The Morgan fingerprint density at radius 2 is 1.00 bits per heavy atom. The number of hydrogen-bond acceptors (Lipinski definition) is 11. The monoisotopic (exact) mass is 986 g/mol. The molecule has 2 aliphatic rings. The van der Waals surface area contributed by atoms with Gasteiger partial charge in [0, 0.05) is 57.8 Å². The number of ether oxygens (including phenoxy) is 2. The fourth-order valence-corrected chi connectivity index (χ4v) is 8.78. The first-order valence-corrected chi connectivity index (χ1v) is 23.8. The van der Waals surface area contributed by atoms with Crippen molar-refractivity contribution in [2.45, 2.75) is 123 Å². The van der Waals surface area contributed by atoms with Gasteiger partial charge in [-0.25, -0.2) is 18.4 Å². The van der Waals surface area contributed by atoms with E-state index in [1.165, 1.54) is 41.0 Å². The summed E-state index contributed by atoms with van der Waals surface area (Å²) < 4.78 is 38.7. The molecule has 0 unspecified atom stereocenters. The standard InChI is InChI=1S/C28H35FN2O6.C26H33FN2O5/c1-18(32)12-21(13-20-14-22(29)16-23(33)15-20)25(34)24-26(35)30(17-19-8-6-5-7-9-19)10-11-31(24)27(36)37-28(2,3)4;1-17(12-19-13-20(27)15-21(30)14-19)23(31)22-24(32)28(16-18-8-6-5-7-9-18)10-11-29(22)25(33)34-26(2,3)4/h5-9,14-16,21,24-25,33-34H,10-13,17H2,1-4H3;5-9,13-15,17,22-23,30-31H,10-12,16H2,1-4H3/t21-,24-,25-;17-,22-,23-/m00/s1. The molecule has 71 heavy (non-hydrogen) atoms. The van der Waals surface area contributed by atoms with Gasteiger partial charge < -0.3 is 44.5 Å². The minimum Gasteiger partial charge on any atom is -0.508 e. The summed E-state index contributed by atoms with van der Waals surface area (Å²) >= 11 is 0. The average Bonchev–Trinajstić information content (AvgIpc) is 3.26. The van der Waals surface area contributed by atoms with Crippen molar-refractivity contribution in [3.8, 4) is 11.5 Å². The Hall–Kier alpha value is -6.59. The Morgan fingerprint density at radius 3 is 1.38 bits per heavy atom. The van der Waals surface area contributed by atoms with Crippen molar-refractivity contribution in [3.63, 3.8) is 0 Å². The van der Waals surface area contributed by atoms with Crippen molar-refractivity contribution in [2.75, 3.05) is 26.2 Å². The lowest BCUT2D eigenvalue weighted by Crippen LogP contribution is -2.64. The molecule has 4 amide bonds. The quantitative estimate of drug-likeness (QED) is 0.0983. The van der Waals surface area contributed by atoms with Crippen LogP contribution in [0.2, 0.25) is 0 Å². The largest absolute Gasteiger partial charge is 0.508 e. The minimum absolute atomic E-state index is 0.0106. The summed E-state index contributed by atoms with van der Waals surface area (Å²) in [6.07, 6.45) is -3.98. The van der Waals surface area contributed by atoms with E-state index in [1.807, 2.05) is 60.7 Å². The third-order valence-electron chi connectivity index (χ3n) is 11.9. The van der Waals surface area contributed by atoms with E-state index in [9.17, 15) is 53.2 Å². The number of halogens is 2. The van der Waals surface area contributed by atoms with Crippen LogP contribution in [-0.2, 0) is 49.8 Å². The molecule has 2 heterocycles. The normalized spacial score (nSPS) is 18.2. The summed E-state index contributed by atoms with van der Waals surface area (Å²) in [6, 6.07) is 23.6. The fraction of sp³-hybridized carbons (Fsp3) is 0.463. The van der Waals surface area contributed by atoms with Gasteiger partial charge in [0.1, 0.15) is 52.2 Å². The number of benzene rings is 4. The third-order valence-corrected chi connectivity index (χ3v) is 11.9. The van der Waals surface area contributed by atoms with E-state index in [1.54, 1.807) is 58.3 Å². The van der Waals surface area contributed by atoms with Gasteiger partial charge in [0.25, 0.3) is 0 Å². The van der Waals surface area contributed by atoms with E-state index < -0.39 is 77.1 Å². The number of amides is 4. The molecule has 4 N–H and O–H groups in total. The second-order valence-electron chi connectivity index (χ2n) is 20.4. The molecule has 4 aromatic rings. The third kappa shape index (κ3) is 16.2. The van der Waals surface area contributed by atoms with Crippen LogP contribution < -0.4 is 0 Å². The van der Waals surface area contributed by atoms with Gasteiger partial charge in [-0.05, 0) is 120 Å². The van der Waals surface area contributed by atoms with Gasteiger partial charge in [-0.1, -0.05) is 67.6 Å². The predicted molar refractivity (Wildman–Crippen MR) is 261 cm³/mol. The van der Waals surface area contributed by atoms with Crippen LogP contribution in [0.5, 0.6) is 11.5 Å². The Kier molecular flexibility index (Phi) is 18.7. The van der Waals surface area contributed by atoms with Gasteiger partial charge >= 0.3 is 12.2 Å². The number of piperazine rings is 2. The molecule has 0 bridgehead atoms. The van der Waals surface area contributed by atoms with Crippen molar-refractivity contribution in [3.05, 3.63) is 131 Å². The maximum absolute atomic E-state index is 13.9. The summed E-state index contributed by atoms with van der Waals surface area (Å²) in [5, 5.41) is 42.3. The highest BCUT2D eigenvalue weighted by Crippen LogP contribution is 2.30. The van der Waals surface area contributed by atoms with Crippen LogP contribution in [-0.4, -0.2) is 131 Å². The Morgan fingerprint density at radius 1 is 0.606 bits per heavy atom. The molecule has 0 aliphatic carbocycles. The van der Waals surface area contributed by atoms with Gasteiger partial charge in [0.15, 0.2) is 0 Å². The van der Waals surface area contributed by atoms with Crippen molar-refractivity contribution in [1.82, 2.24) is 19.6 Å². The molecule has 0 saturated carbocycles. The van der Waals surface area contributed by atoms with E-state index in [0.29, 0.717) is 30.8 Å². The van der Waals surface area contributed by atoms with Gasteiger partial charge in [0.2, 0.25) is 11.8 Å². The van der Waals surface area contributed by atoms with E-state index in [4.69, 9.17) is 9.47 Å². The number of carbonyl (C=O) groups excluding carboxylic acids is 5. The lowest BCUT2D eigenvalue weighted by atomic mass is 9.84. The van der Waals surface area contributed by atoms with Crippen LogP contribution in [0.4, 0.5) is 18.4 Å². The smallest absolute Gasteiger partial charge is 0.411 e. The Labute approximate surface area is 414 Å². The summed E-state index contributed by atoms with van der Waals surface area (Å²) in [7, 11) is 0. The zero-order valence-electron chi connectivity index (χ0n) is 41.8. The molecule has 2 saturated heterocycles. The first-order valence-electron chi connectivity index (χ1n) is 23.8. The summed E-state index contributed by atoms with van der Waals surface area (Å²) in [5.41, 5.74) is 1.09. The summed E-state index contributed by atoms with van der Waals surface area (Å²) in [4.78, 5) is 71.2. The number of aliphatic hydroxyl groups is 2. The lowest BCUT2D eigenvalue weighted by Gasteiger charge is -2.44. The predicted octanol–water partition coefficient (Wildman–Crippen LogP) is 7.40. The molecule has 0 spiro atoms. The summed E-state index contributed by atoms with van der Waals surface area (Å²) in [6.45, 7) is 15.0. The lowest BCUT2D eigenvalue weighted by molar-refractivity contribution is -0.150. The molecular weight excluding hydrogens is 919 g/mol. The Bertz CT molecular complexity index is 2420. The van der Waals surface area contributed by atoms with Crippen LogP contribution in [0, 0.1) is 23.5 Å². The molecule has 0 radical (unpaired) electrons. The number of Topliss-reactive ketones (excluding diaryl/α,β-unsaturated/α-hetero) is 1. The second kappa shape index (κ2) is 24.0. The van der Waals surface area contributed by atoms with Crippen molar-refractivity contribution >= 4 is 29.8 Å². The molecular formula is C54H68F2N4O11. The highest BCUT2D eigenvalue weighted by Gasteiger charge is 2.47. The maximum atomic E-state index is 13.9. The number of ketones is 1. The van der Waals surface area contributed by atoms with Crippen LogP contribution in [0.15, 0.2) is 97.1 Å². The number of rotatable bonds is 14. The topological polar surface area (TPSA) is 198 Å². The minimum atomic E-state index is -1.45. The van der Waals surface area contributed by atoms with Crippen LogP contribution in [0.1, 0.15) is 84.1 Å². The molecule has 384 valence electrons. The molecule has 2 fully saturated rings. The zero-order chi connectivity index (χ0) is 52.4. The molecule has 2 aliphatic heterocycles. The first kappa shape index (κ1) is 55.3. The van der Waals surface area contributed by atoms with E-state index in [0.717, 1.165) is 23.3 Å². The van der Waals surface area contributed by atoms with Gasteiger partial charge in [-0.15, -0.1) is 0 Å². The molecule has 0 aromatic heterocycles. The van der Waals surface area contributed by atoms with Gasteiger partial charge in [-0.3, -0.25) is 19.4 Å². The molecule has 6 rings (SSSR count). The van der Waals surface area contributed by atoms with Crippen molar-refractivity contribution in [2.24, 2.45) is 11.8 Å². The van der Waals surface area contributed by atoms with Crippen molar-refractivity contribution < 1.29 is 62.7 Å². The number of carbonyl (C=O) groups is 5. The van der Waals surface area contributed by atoms with E-state index >= 15 is 0 Å². The van der Waals surface area contributed by atoms with E-state index in [-0.39, 0.29) is 62.1 Å². The van der Waals surface area contributed by atoms with Gasteiger partial charge in [0.05, 0.1) is 12.2 Å². The molecule has 4 aromatic carbocycles. The number of phenols is 2. The second-order valence-corrected chi connectivity index (χ2v) is 20.4. The average molecular weight is 987 g/mol. The molecule has 6 atom stereocenters. The molecule has 17 heteroatoms. The number of aliphatic hydroxyl groups excluding tert-OH is 2. The number of phenolic OH excluding ortho intramolecular Hbond substituents is 2. The van der Waals surface area contributed by atoms with Crippen LogP contribution >= 0.6 is 0 Å². The number of hydrogen-bond donors (Lipinski definition) is 4. The highest BCUT2D eigenvalue weighted by molar-refractivity contribution is 5.88. The number of aromatic hydroxyl groups is 2. The SMILES string of the molecule is CC(=O)C[C@@H](Cc1cc(O)cc(F)c1)[C@H](O)[C@H]1C(=O)N(Cc2ccccc2)CCN1C(=O)OC(C)(C)C.C[C@@H](Cc1cc(O)cc(F)c1)[C@H](O)[C@H]1C(=O)N(Cc2ccccc2)CCN1C(=O)OC(C)(C)C. The summed E-state index contributed by atoms with van der Waals surface area (Å²) in [5.74, 6) is -4.17. The van der Waals surface area contributed by atoms with Crippen molar-refractivity contribution in [1.29, 1.82) is 0 Å². The number of nitrogens with zero attached hydrogens (tertiary/aromatic N) is 4. The maximum Gasteiger partial charge on any atom is 0.411 e. The Balaban J connectivity index is 0.000000265. The van der Waals surface area contributed by atoms with Crippen LogP contribution in [0.25, 0.3) is 0 Å². The highest BCUT2D eigenvalue weighted by atomic mass is 19.1.